The van der Waals surface area contributed by atoms with Crippen LogP contribution in [0.3, 0.4) is 0 Å². The zero-order valence-corrected chi connectivity index (χ0v) is 11.0. The summed E-state index contributed by atoms with van der Waals surface area (Å²) in [5, 5.41) is 9.95. The normalized spacial score (nSPS) is 16.2. The van der Waals surface area contributed by atoms with E-state index in [1.54, 1.807) is 0 Å². The van der Waals surface area contributed by atoms with Gasteiger partial charge in [0, 0.05) is 0 Å². The zero-order chi connectivity index (χ0) is 12.7. The fourth-order valence-electron chi connectivity index (χ4n) is 2.41. The van der Waals surface area contributed by atoms with Gasteiger partial charge in [-0.15, -0.1) is 6.58 Å². The smallest absolute Gasteiger partial charge is 0.0549 e. The molecule has 17 heavy (non-hydrogen) atoms. The maximum Gasteiger partial charge on any atom is 0.0549 e. The number of hydrogen-bond donors (Lipinski definition) is 1. The van der Waals surface area contributed by atoms with Gasteiger partial charge in [-0.1, -0.05) is 49.8 Å². The van der Waals surface area contributed by atoms with Crippen LogP contribution in [-0.4, -0.2) is 11.2 Å². The SMILES string of the molecule is C=CC(CCC)C(Cc1ccccc1)C(C)O. The number of hydrogen-bond acceptors (Lipinski definition) is 1. The Balaban J connectivity index is 2.75. The second-order valence-corrected chi connectivity index (χ2v) is 4.78. The van der Waals surface area contributed by atoms with Gasteiger partial charge in [0.15, 0.2) is 0 Å². The first-order valence-corrected chi connectivity index (χ1v) is 6.53. The summed E-state index contributed by atoms with van der Waals surface area (Å²) in [5.41, 5.74) is 1.29. The molecule has 0 saturated carbocycles. The summed E-state index contributed by atoms with van der Waals surface area (Å²) < 4.78 is 0. The van der Waals surface area contributed by atoms with E-state index < -0.39 is 0 Å². The molecule has 1 aromatic carbocycles. The molecule has 0 bridgehead atoms. The number of benzene rings is 1. The van der Waals surface area contributed by atoms with Crippen molar-refractivity contribution in [1.82, 2.24) is 0 Å². The predicted octanol–water partition coefficient (Wildman–Crippen LogP) is 3.83. The van der Waals surface area contributed by atoms with Crippen molar-refractivity contribution in [2.75, 3.05) is 0 Å². The van der Waals surface area contributed by atoms with E-state index in [0.29, 0.717) is 5.92 Å². The van der Waals surface area contributed by atoms with E-state index in [0.717, 1.165) is 19.3 Å². The molecule has 3 unspecified atom stereocenters. The maximum atomic E-state index is 9.95. The molecule has 0 aliphatic heterocycles. The van der Waals surface area contributed by atoms with Crippen LogP contribution in [0.5, 0.6) is 0 Å². The Kier molecular flexibility index (Phi) is 5.99. The van der Waals surface area contributed by atoms with Crippen molar-refractivity contribution in [3.8, 4) is 0 Å². The second-order valence-electron chi connectivity index (χ2n) is 4.78. The van der Waals surface area contributed by atoms with Crippen LogP contribution in [0.1, 0.15) is 32.3 Å². The zero-order valence-electron chi connectivity index (χ0n) is 11.0. The third-order valence-corrected chi connectivity index (χ3v) is 3.41. The molecule has 0 radical (unpaired) electrons. The highest BCUT2D eigenvalue weighted by atomic mass is 16.3. The van der Waals surface area contributed by atoms with E-state index in [1.165, 1.54) is 5.56 Å². The van der Waals surface area contributed by atoms with Gasteiger partial charge >= 0.3 is 0 Å². The summed E-state index contributed by atoms with van der Waals surface area (Å²) in [7, 11) is 0. The Labute approximate surface area is 105 Å². The molecular formula is C16H24O. The number of rotatable bonds is 7. The minimum absolute atomic E-state index is 0.273. The molecule has 1 rings (SSSR count). The van der Waals surface area contributed by atoms with Crippen LogP contribution in [0.4, 0.5) is 0 Å². The Morgan fingerprint density at radius 2 is 1.94 bits per heavy atom. The van der Waals surface area contributed by atoms with Crippen LogP contribution >= 0.6 is 0 Å². The summed E-state index contributed by atoms with van der Waals surface area (Å²) >= 11 is 0. The van der Waals surface area contributed by atoms with E-state index in [9.17, 15) is 5.11 Å². The summed E-state index contributed by atoms with van der Waals surface area (Å²) in [5.74, 6) is 0.676. The van der Waals surface area contributed by atoms with Crippen LogP contribution in [0.25, 0.3) is 0 Å². The molecule has 0 aromatic heterocycles. The van der Waals surface area contributed by atoms with Crippen molar-refractivity contribution >= 4 is 0 Å². The number of allylic oxidation sites excluding steroid dienone is 1. The largest absolute Gasteiger partial charge is 0.393 e. The van der Waals surface area contributed by atoms with Crippen molar-refractivity contribution < 1.29 is 5.11 Å². The predicted molar refractivity (Wildman–Crippen MR) is 73.9 cm³/mol. The molecule has 1 heteroatoms. The molecule has 3 atom stereocenters. The summed E-state index contributed by atoms with van der Waals surface area (Å²) in [6, 6.07) is 10.4. The molecule has 94 valence electrons. The molecule has 1 aromatic rings. The summed E-state index contributed by atoms with van der Waals surface area (Å²) in [6.45, 7) is 7.98. The van der Waals surface area contributed by atoms with Crippen LogP contribution < -0.4 is 0 Å². The first-order valence-electron chi connectivity index (χ1n) is 6.53. The van der Waals surface area contributed by atoms with Crippen molar-refractivity contribution in [3.63, 3.8) is 0 Å². The van der Waals surface area contributed by atoms with Crippen molar-refractivity contribution in [2.24, 2.45) is 11.8 Å². The van der Waals surface area contributed by atoms with Gasteiger partial charge in [0.25, 0.3) is 0 Å². The Hall–Kier alpha value is -1.08. The highest BCUT2D eigenvalue weighted by Gasteiger charge is 2.23. The molecule has 0 saturated heterocycles. The molecule has 0 spiro atoms. The second kappa shape index (κ2) is 7.29. The lowest BCUT2D eigenvalue weighted by Gasteiger charge is -2.27. The summed E-state index contributed by atoms with van der Waals surface area (Å²) in [4.78, 5) is 0. The molecule has 0 aliphatic carbocycles. The molecule has 1 nitrogen and oxygen atoms in total. The lowest BCUT2D eigenvalue weighted by Crippen LogP contribution is -2.26. The van der Waals surface area contributed by atoms with Crippen LogP contribution in [-0.2, 0) is 6.42 Å². The van der Waals surface area contributed by atoms with Gasteiger partial charge in [-0.25, -0.2) is 0 Å². The first-order chi connectivity index (χ1) is 8.19. The average Bonchev–Trinajstić information content (AvgIpc) is 2.34. The van der Waals surface area contributed by atoms with E-state index in [2.05, 4.69) is 37.8 Å². The Bertz CT molecular complexity index is 316. The average molecular weight is 232 g/mol. The standard InChI is InChI=1S/C16H24O/c1-4-9-15(5-2)16(13(3)17)12-14-10-7-6-8-11-14/h5-8,10-11,13,15-17H,2,4,9,12H2,1,3H3. The van der Waals surface area contributed by atoms with Gasteiger partial charge in [-0.2, -0.15) is 0 Å². The molecule has 0 amide bonds. The molecule has 0 aliphatic rings. The minimum Gasteiger partial charge on any atom is -0.393 e. The third kappa shape index (κ3) is 4.35. The number of aliphatic hydroxyl groups is 1. The van der Waals surface area contributed by atoms with Gasteiger partial charge < -0.3 is 5.11 Å². The van der Waals surface area contributed by atoms with Crippen LogP contribution in [0, 0.1) is 11.8 Å². The first kappa shape index (κ1) is 14.0. The van der Waals surface area contributed by atoms with E-state index >= 15 is 0 Å². The van der Waals surface area contributed by atoms with Gasteiger partial charge in [-0.3, -0.25) is 0 Å². The lowest BCUT2D eigenvalue weighted by molar-refractivity contribution is 0.0976. The molecular weight excluding hydrogens is 208 g/mol. The van der Waals surface area contributed by atoms with E-state index in [4.69, 9.17) is 0 Å². The Morgan fingerprint density at radius 3 is 2.41 bits per heavy atom. The van der Waals surface area contributed by atoms with Gasteiger partial charge in [0.1, 0.15) is 0 Å². The van der Waals surface area contributed by atoms with Crippen molar-refractivity contribution in [1.29, 1.82) is 0 Å². The van der Waals surface area contributed by atoms with Gasteiger partial charge in [0.05, 0.1) is 6.10 Å². The summed E-state index contributed by atoms with van der Waals surface area (Å²) in [6.07, 6.45) is 4.88. The van der Waals surface area contributed by atoms with Crippen LogP contribution in [0.15, 0.2) is 43.0 Å². The van der Waals surface area contributed by atoms with E-state index in [-0.39, 0.29) is 12.0 Å². The van der Waals surface area contributed by atoms with E-state index in [1.807, 2.05) is 19.1 Å². The van der Waals surface area contributed by atoms with Crippen molar-refractivity contribution in [2.45, 2.75) is 39.2 Å². The fourth-order valence-corrected chi connectivity index (χ4v) is 2.41. The van der Waals surface area contributed by atoms with Gasteiger partial charge in [-0.05, 0) is 37.2 Å². The quantitative estimate of drug-likeness (QED) is 0.708. The highest BCUT2D eigenvalue weighted by Crippen LogP contribution is 2.26. The monoisotopic (exact) mass is 232 g/mol. The topological polar surface area (TPSA) is 20.2 Å². The number of aliphatic hydroxyl groups excluding tert-OH is 1. The Morgan fingerprint density at radius 1 is 1.29 bits per heavy atom. The maximum absolute atomic E-state index is 9.95. The highest BCUT2D eigenvalue weighted by molar-refractivity contribution is 5.16. The molecule has 1 N–H and O–H groups in total. The van der Waals surface area contributed by atoms with Crippen molar-refractivity contribution in [3.05, 3.63) is 48.6 Å². The lowest BCUT2D eigenvalue weighted by atomic mass is 9.81. The minimum atomic E-state index is -0.287. The molecule has 0 fully saturated rings. The third-order valence-electron chi connectivity index (χ3n) is 3.41. The molecule has 0 heterocycles. The van der Waals surface area contributed by atoms with Gasteiger partial charge in [0.2, 0.25) is 0 Å². The van der Waals surface area contributed by atoms with Crippen LogP contribution in [0.2, 0.25) is 0 Å². The fraction of sp³-hybridized carbons (Fsp3) is 0.500.